The zero-order valence-electron chi connectivity index (χ0n) is 18.2. The van der Waals surface area contributed by atoms with Gasteiger partial charge in [-0.15, -0.1) is 0 Å². The van der Waals surface area contributed by atoms with Crippen molar-refractivity contribution >= 4 is 16.7 Å². The molecule has 0 saturated carbocycles. The molecule has 1 aromatic heterocycles. The normalized spacial score (nSPS) is 11.0. The SMILES string of the molecule is C=C(Cn1cc(C(=O)c2ccc(C)cc2)c2ccc(C)cc21)N(CCC)CCC. The minimum atomic E-state index is 0.0715. The maximum atomic E-state index is 13.2. The summed E-state index contributed by atoms with van der Waals surface area (Å²) in [5.74, 6) is 0.0715. The summed E-state index contributed by atoms with van der Waals surface area (Å²) in [5.41, 5.74) is 6.02. The molecule has 3 aromatic rings. The molecule has 0 aliphatic heterocycles. The van der Waals surface area contributed by atoms with E-state index in [1.54, 1.807) is 0 Å². The smallest absolute Gasteiger partial charge is 0.195 e. The summed E-state index contributed by atoms with van der Waals surface area (Å²) in [7, 11) is 0. The quantitative estimate of drug-likeness (QED) is 0.412. The number of ketones is 1. The van der Waals surface area contributed by atoms with Crippen molar-refractivity contribution in [2.24, 2.45) is 0 Å². The highest BCUT2D eigenvalue weighted by molar-refractivity contribution is 6.16. The van der Waals surface area contributed by atoms with Crippen LogP contribution in [0.5, 0.6) is 0 Å². The lowest BCUT2D eigenvalue weighted by Crippen LogP contribution is -2.26. The van der Waals surface area contributed by atoms with Gasteiger partial charge in [0.25, 0.3) is 0 Å². The van der Waals surface area contributed by atoms with Gasteiger partial charge in [0.1, 0.15) is 0 Å². The lowest BCUT2D eigenvalue weighted by atomic mass is 10.0. The van der Waals surface area contributed by atoms with Crippen molar-refractivity contribution in [2.45, 2.75) is 47.1 Å². The van der Waals surface area contributed by atoms with Crippen molar-refractivity contribution < 1.29 is 4.79 Å². The molecule has 1 heterocycles. The van der Waals surface area contributed by atoms with E-state index in [-0.39, 0.29) is 5.78 Å². The lowest BCUT2D eigenvalue weighted by molar-refractivity contribution is 0.104. The highest BCUT2D eigenvalue weighted by atomic mass is 16.1. The van der Waals surface area contributed by atoms with Gasteiger partial charge in [0.05, 0.1) is 6.54 Å². The molecule has 0 bridgehead atoms. The topological polar surface area (TPSA) is 25.2 Å². The lowest BCUT2D eigenvalue weighted by Gasteiger charge is -2.26. The van der Waals surface area contributed by atoms with Crippen molar-refractivity contribution in [3.8, 4) is 0 Å². The standard InChI is InChI=1S/C26H32N2O/c1-6-14-27(15-7-2)21(5)17-28-18-24(23-13-10-20(4)16-25(23)28)26(29)22-11-8-19(3)9-12-22/h8-13,16,18H,5-7,14-15,17H2,1-4H3. The summed E-state index contributed by atoms with van der Waals surface area (Å²) in [6.45, 7) is 15.6. The van der Waals surface area contributed by atoms with Gasteiger partial charge < -0.3 is 9.47 Å². The Hall–Kier alpha value is -2.81. The fourth-order valence-corrected chi connectivity index (χ4v) is 3.84. The molecule has 0 saturated heterocycles. The van der Waals surface area contributed by atoms with Crippen LogP contribution >= 0.6 is 0 Å². The van der Waals surface area contributed by atoms with Crippen LogP contribution in [0.3, 0.4) is 0 Å². The number of carbonyl (C=O) groups is 1. The summed E-state index contributed by atoms with van der Waals surface area (Å²) in [4.78, 5) is 15.6. The van der Waals surface area contributed by atoms with Gasteiger partial charge in [-0.05, 0) is 38.3 Å². The number of aromatic nitrogens is 1. The third kappa shape index (κ3) is 4.61. The van der Waals surface area contributed by atoms with Crippen molar-refractivity contribution in [1.82, 2.24) is 9.47 Å². The van der Waals surface area contributed by atoms with E-state index in [0.717, 1.165) is 59.2 Å². The average molecular weight is 389 g/mol. The third-order valence-corrected chi connectivity index (χ3v) is 5.38. The molecular weight excluding hydrogens is 356 g/mol. The second kappa shape index (κ2) is 9.13. The molecule has 0 aliphatic rings. The monoisotopic (exact) mass is 388 g/mol. The van der Waals surface area contributed by atoms with Crippen LogP contribution in [0.1, 0.15) is 53.7 Å². The zero-order chi connectivity index (χ0) is 21.0. The first-order valence-corrected chi connectivity index (χ1v) is 10.6. The van der Waals surface area contributed by atoms with Gasteiger partial charge in [0.2, 0.25) is 0 Å². The second-order valence-electron chi connectivity index (χ2n) is 7.94. The van der Waals surface area contributed by atoms with Crippen LogP contribution in [-0.4, -0.2) is 28.3 Å². The molecule has 0 N–H and O–H groups in total. The van der Waals surface area contributed by atoms with Gasteiger partial charge in [-0.3, -0.25) is 4.79 Å². The number of rotatable bonds is 9. The summed E-state index contributed by atoms with van der Waals surface area (Å²) < 4.78 is 2.18. The maximum absolute atomic E-state index is 13.2. The Kier molecular flexibility index (Phi) is 6.58. The highest BCUT2D eigenvalue weighted by Gasteiger charge is 2.18. The summed E-state index contributed by atoms with van der Waals surface area (Å²) >= 11 is 0. The molecule has 0 spiro atoms. The molecule has 29 heavy (non-hydrogen) atoms. The number of carbonyl (C=O) groups excluding carboxylic acids is 1. The van der Waals surface area contributed by atoms with Crippen molar-refractivity contribution in [2.75, 3.05) is 13.1 Å². The summed E-state index contributed by atoms with van der Waals surface area (Å²) in [5, 5.41) is 1.01. The van der Waals surface area contributed by atoms with Gasteiger partial charge in [-0.1, -0.05) is 62.4 Å². The minimum Gasteiger partial charge on any atom is -0.374 e. The van der Waals surface area contributed by atoms with Crippen molar-refractivity contribution in [3.05, 3.63) is 83.2 Å². The van der Waals surface area contributed by atoms with E-state index < -0.39 is 0 Å². The second-order valence-corrected chi connectivity index (χ2v) is 7.94. The van der Waals surface area contributed by atoms with E-state index in [1.165, 1.54) is 5.56 Å². The van der Waals surface area contributed by atoms with E-state index in [1.807, 2.05) is 37.4 Å². The molecule has 3 heteroatoms. The number of fused-ring (bicyclic) bond motifs is 1. The predicted octanol–water partition coefficient (Wildman–Crippen LogP) is 6.12. The third-order valence-electron chi connectivity index (χ3n) is 5.38. The first-order chi connectivity index (χ1) is 13.9. The molecule has 0 atom stereocenters. The van der Waals surface area contributed by atoms with Crippen LogP contribution in [0.15, 0.2) is 60.9 Å². The fourth-order valence-electron chi connectivity index (χ4n) is 3.84. The van der Waals surface area contributed by atoms with Gasteiger partial charge in [0.15, 0.2) is 5.78 Å². The summed E-state index contributed by atoms with van der Waals surface area (Å²) in [6, 6.07) is 14.1. The van der Waals surface area contributed by atoms with Gasteiger partial charge >= 0.3 is 0 Å². The summed E-state index contributed by atoms with van der Waals surface area (Å²) in [6.07, 6.45) is 4.21. The van der Waals surface area contributed by atoms with Gasteiger partial charge in [0, 0.05) is 47.0 Å². The van der Waals surface area contributed by atoms with Crippen molar-refractivity contribution in [3.63, 3.8) is 0 Å². The van der Waals surface area contributed by atoms with Crippen LogP contribution in [0, 0.1) is 13.8 Å². The van der Waals surface area contributed by atoms with Crippen molar-refractivity contribution in [1.29, 1.82) is 0 Å². The van der Waals surface area contributed by atoms with E-state index in [4.69, 9.17) is 0 Å². The molecule has 0 amide bonds. The molecule has 0 fully saturated rings. The molecule has 0 radical (unpaired) electrons. The first-order valence-electron chi connectivity index (χ1n) is 10.6. The Morgan fingerprint density at radius 3 is 2.21 bits per heavy atom. The maximum Gasteiger partial charge on any atom is 0.195 e. The number of hydrogen-bond acceptors (Lipinski definition) is 2. The van der Waals surface area contributed by atoms with E-state index in [0.29, 0.717) is 6.54 Å². The molecule has 3 rings (SSSR count). The highest BCUT2D eigenvalue weighted by Crippen LogP contribution is 2.26. The zero-order valence-corrected chi connectivity index (χ0v) is 18.2. The number of allylic oxidation sites excluding steroid dienone is 1. The van der Waals surface area contributed by atoms with E-state index >= 15 is 0 Å². The fraction of sp³-hybridized carbons (Fsp3) is 0.346. The Morgan fingerprint density at radius 1 is 0.966 bits per heavy atom. The predicted molar refractivity (Wildman–Crippen MR) is 123 cm³/mol. The Morgan fingerprint density at radius 2 is 1.59 bits per heavy atom. The molecule has 152 valence electrons. The van der Waals surface area contributed by atoms with E-state index in [9.17, 15) is 4.79 Å². The molecular formula is C26H32N2O. The van der Waals surface area contributed by atoms with E-state index in [2.05, 4.69) is 55.0 Å². The Bertz CT molecular complexity index is 1010. The van der Waals surface area contributed by atoms with Gasteiger partial charge in [-0.2, -0.15) is 0 Å². The van der Waals surface area contributed by atoms with Crippen LogP contribution in [0.25, 0.3) is 10.9 Å². The Balaban J connectivity index is 2.00. The van der Waals surface area contributed by atoms with Crippen LogP contribution in [-0.2, 0) is 6.54 Å². The minimum absolute atomic E-state index is 0.0715. The Labute approximate surface area is 174 Å². The molecule has 3 nitrogen and oxygen atoms in total. The first kappa shape index (κ1) is 20.9. The average Bonchev–Trinajstić information content (AvgIpc) is 3.05. The number of hydrogen-bond donors (Lipinski definition) is 0. The molecule has 0 unspecified atom stereocenters. The van der Waals surface area contributed by atoms with Crippen LogP contribution in [0.2, 0.25) is 0 Å². The number of benzene rings is 2. The largest absolute Gasteiger partial charge is 0.374 e. The van der Waals surface area contributed by atoms with Gasteiger partial charge in [-0.25, -0.2) is 0 Å². The van der Waals surface area contributed by atoms with Crippen LogP contribution < -0.4 is 0 Å². The molecule has 0 aliphatic carbocycles. The number of nitrogens with zero attached hydrogens (tertiary/aromatic N) is 2. The molecule has 2 aromatic carbocycles. The number of aryl methyl sites for hydroxylation is 2. The van der Waals surface area contributed by atoms with Crippen LogP contribution in [0.4, 0.5) is 0 Å².